The van der Waals surface area contributed by atoms with Crippen LogP contribution in [-0.4, -0.2) is 54.8 Å². The van der Waals surface area contributed by atoms with Crippen LogP contribution in [0.3, 0.4) is 0 Å². The average molecular weight is 371 g/mol. The molecule has 7 nitrogen and oxygen atoms in total. The fraction of sp³-hybridized carbons (Fsp3) is 0.421. The summed E-state index contributed by atoms with van der Waals surface area (Å²) < 4.78 is 19.6. The van der Waals surface area contributed by atoms with Gasteiger partial charge in [-0.1, -0.05) is 12.1 Å². The highest BCUT2D eigenvalue weighted by Crippen LogP contribution is 2.27. The summed E-state index contributed by atoms with van der Waals surface area (Å²) in [6, 6.07) is 7.48. The van der Waals surface area contributed by atoms with E-state index >= 15 is 0 Å². The molecule has 0 aliphatic carbocycles. The molecule has 0 atom stereocenters. The number of carbonyl (C=O) groups excluding carboxylic acids is 1. The lowest BCUT2D eigenvalue weighted by molar-refractivity contribution is -0.125. The summed E-state index contributed by atoms with van der Waals surface area (Å²) in [4.78, 5) is 22.2. The van der Waals surface area contributed by atoms with Gasteiger partial charge < -0.3 is 20.3 Å². The summed E-state index contributed by atoms with van der Waals surface area (Å²) >= 11 is 0. The molecule has 2 fully saturated rings. The van der Waals surface area contributed by atoms with Crippen molar-refractivity contribution in [2.24, 2.45) is 0 Å². The lowest BCUT2D eigenvalue weighted by Crippen LogP contribution is -2.41. The van der Waals surface area contributed by atoms with E-state index in [-0.39, 0.29) is 24.2 Å². The number of nitrogens with zero attached hydrogens (tertiary/aromatic N) is 3. The van der Waals surface area contributed by atoms with Gasteiger partial charge in [0.05, 0.1) is 12.8 Å². The normalized spacial score (nSPS) is 18.6. The van der Waals surface area contributed by atoms with Crippen molar-refractivity contribution in [3.05, 3.63) is 36.3 Å². The van der Waals surface area contributed by atoms with Crippen LogP contribution >= 0.6 is 0 Å². The molecular weight excluding hydrogens is 349 g/mol. The molecule has 1 aromatic heterocycles. The zero-order chi connectivity index (χ0) is 18.6. The molecule has 2 aliphatic heterocycles. The average Bonchev–Trinajstić information content (AvgIpc) is 2.71. The molecule has 1 aromatic carbocycles. The van der Waals surface area contributed by atoms with E-state index in [9.17, 15) is 9.18 Å². The standard InChI is InChI=1S/C19H22FN5O2/c20-16-11-22-19(23-14-4-6-21-7-5-14)24-18(16)13-2-1-3-15(10-13)25-8-9-27-12-17(25)26/h1-3,10-11,14,21H,4-9,12H2,(H,22,23,24). The second kappa shape index (κ2) is 7.98. The first-order valence-electron chi connectivity index (χ1n) is 9.19. The summed E-state index contributed by atoms with van der Waals surface area (Å²) in [6.45, 7) is 2.93. The number of rotatable bonds is 4. The monoisotopic (exact) mass is 371 g/mol. The van der Waals surface area contributed by atoms with Gasteiger partial charge in [-0.2, -0.15) is 0 Å². The summed E-state index contributed by atoms with van der Waals surface area (Å²) in [5.74, 6) is -0.169. The van der Waals surface area contributed by atoms with E-state index in [0.29, 0.717) is 30.4 Å². The molecule has 1 amide bonds. The molecule has 3 heterocycles. The lowest BCUT2D eigenvalue weighted by atomic mass is 10.1. The molecule has 2 N–H and O–H groups in total. The van der Waals surface area contributed by atoms with E-state index in [1.807, 2.05) is 6.07 Å². The van der Waals surface area contributed by atoms with E-state index in [1.165, 1.54) is 6.20 Å². The van der Waals surface area contributed by atoms with E-state index in [2.05, 4.69) is 20.6 Å². The summed E-state index contributed by atoms with van der Waals surface area (Å²) in [6.07, 6.45) is 3.15. The van der Waals surface area contributed by atoms with E-state index in [4.69, 9.17) is 4.74 Å². The SMILES string of the molecule is O=C1COCCN1c1cccc(-c2nc(NC3CCNCC3)ncc2F)c1. The first-order valence-corrected chi connectivity index (χ1v) is 9.19. The quantitative estimate of drug-likeness (QED) is 0.853. The van der Waals surface area contributed by atoms with Crippen molar-refractivity contribution < 1.29 is 13.9 Å². The minimum Gasteiger partial charge on any atom is -0.370 e. The van der Waals surface area contributed by atoms with Crippen molar-refractivity contribution in [1.29, 1.82) is 0 Å². The molecule has 27 heavy (non-hydrogen) atoms. The number of ether oxygens (including phenoxy) is 1. The van der Waals surface area contributed by atoms with Crippen LogP contribution in [0.1, 0.15) is 12.8 Å². The summed E-state index contributed by atoms with van der Waals surface area (Å²) in [5, 5.41) is 6.60. The van der Waals surface area contributed by atoms with Crippen molar-refractivity contribution in [1.82, 2.24) is 15.3 Å². The van der Waals surface area contributed by atoms with Gasteiger partial charge in [0, 0.05) is 23.8 Å². The number of halogens is 1. The largest absolute Gasteiger partial charge is 0.370 e. The van der Waals surface area contributed by atoms with Crippen molar-refractivity contribution >= 4 is 17.5 Å². The Balaban J connectivity index is 1.59. The van der Waals surface area contributed by atoms with Crippen LogP contribution in [0.25, 0.3) is 11.3 Å². The molecule has 142 valence electrons. The fourth-order valence-electron chi connectivity index (χ4n) is 3.40. The van der Waals surface area contributed by atoms with E-state index in [0.717, 1.165) is 25.9 Å². The Morgan fingerprint density at radius 1 is 1.30 bits per heavy atom. The van der Waals surface area contributed by atoms with Crippen LogP contribution < -0.4 is 15.5 Å². The Morgan fingerprint density at radius 3 is 2.96 bits per heavy atom. The Morgan fingerprint density at radius 2 is 2.15 bits per heavy atom. The predicted molar refractivity (Wildman–Crippen MR) is 100 cm³/mol. The number of amides is 1. The van der Waals surface area contributed by atoms with Gasteiger partial charge >= 0.3 is 0 Å². The van der Waals surface area contributed by atoms with Crippen LogP contribution in [0.2, 0.25) is 0 Å². The highest BCUT2D eigenvalue weighted by molar-refractivity contribution is 5.95. The van der Waals surface area contributed by atoms with Crippen LogP contribution in [0.5, 0.6) is 0 Å². The van der Waals surface area contributed by atoms with Crippen molar-refractivity contribution in [2.75, 3.05) is 43.1 Å². The lowest BCUT2D eigenvalue weighted by Gasteiger charge is -2.27. The second-order valence-corrected chi connectivity index (χ2v) is 6.71. The number of nitrogens with one attached hydrogen (secondary N) is 2. The van der Waals surface area contributed by atoms with Gasteiger partial charge in [0.1, 0.15) is 12.3 Å². The Kier molecular flexibility index (Phi) is 5.26. The van der Waals surface area contributed by atoms with Crippen LogP contribution in [0.4, 0.5) is 16.0 Å². The smallest absolute Gasteiger partial charge is 0.253 e. The Labute approximate surface area is 157 Å². The van der Waals surface area contributed by atoms with Crippen LogP contribution in [-0.2, 0) is 9.53 Å². The first-order chi connectivity index (χ1) is 13.2. The van der Waals surface area contributed by atoms with Gasteiger partial charge in [0.2, 0.25) is 5.95 Å². The number of carbonyl (C=O) groups is 1. The minimum atomic E-state index is -0.490. The Hall–Kier alpha value is -2.58. The van der Waals surface area contributed by atoms with Gasteiger partial charge in [-0.3, -0.25) is 4.79 Å². The summed E-state index contributed by atoms with van der Waals surface area (Å²) in [5.41, 5.74) is 1.55. The van der Waals surface area contributed by atoms with Crippen molar-refractivity contribution in [2.45, 2.75) is 18.9 Å². The number of hydrogen-bond donors (Lipinski definition) is 2. The van der Waals surface area contributed by atoms with Gasteiger partial charge in [-0.15, -0.1) is 0 Å². The van der Waals surface area contributed by atoms with Gasteiger partial charge in [-0.05, 0) is 38.1 Å². The molecule has 0 saturated carbocycles. The van der Waals surface area contributed by atoms with Crippen molar-refractivity contribution in [3.8, 4) is 11.3 Å². The fourth-order valence-corrected chi connectivity index (χ4v) is 3.40. The van der Waals surface area contributed by atoms with Gasteiger partial charge in [0.25, 0.3) is 5.91 Å². The minimum absolute atomic E-state index is 0.0659. The predicted octanol–water partition coefficient (Wildman–Crippen LogP) is 1.81. The maximum atomic E-state index is 14.4. The number of aromatic nitrogens is 2. The molecule has 2 aromatic rings. The van der Waals surface area contributed by atoms with E-state index in [1.54, 1.807) is 23.1 Å². The first kappa shape index (κ1) is 17.8. The maximum Gasteiger partial charge on any atom is 0.253 e. The topological polar surface area (TPSA) is 79.4 Å². The molecule has 8 heteroatoms. The summed E-state index contributed by atoms with van der Waals surface area (Å²) in [7, 11) is 0. The molecule has 4 rings (SSSR count). The molecule has 0 radical (unpaired) electrons. The molecule has 0 unspecified atom stereocenters. The number of hydrogen-bond acceptors (Lipinski definition) is 6. The molecule has 2 saturated heterocycles. The third-order valence-corrected chi connectivity index (χ3v) is 4.83. The molecule has 0 spiro atoms. The molecule has 0 bridgehead atoms. The third-order valence-electron chi connectivity index (χ3n) is 4.83. The number of morpholine rings is 1. The van der Waals surface area contributed by atoms with Gasteiger partial charge in [0.15, 0.2) is 5.82 Å². The van der Waals surface area contributed by atoms with Gasteiger partial charge in [-0.25, -0.2) is 14.4 Å². The zero-order valence-electron chi connectivity index (χ0n) is 14.9. The van der Waals surface area contributed by atoms with E-state index < -0.39 is 5.82 Å². The number of piperidine rings is 1. The number of anilines is 2. The third kappa shape index (κ3) is 4.06. The second-order valence-electron chi connectivity index (χ2n) is 6.71. The zero-order valence-corrected chi connectivity index (χ0v) is 14.9. The van der Waals surface area contributed by atoms with Crippen LogP contribution in [0, 0.1) is 5.82 Å². The highest BCUT2D eigenvalue weighted by Gasteiger charge is 2.21. The maximum absolute atomic E-state index is 14.4. The molecule has 2 aliphatic rings. The highest BCUT2D eigenvalue weighted by atomic mass is 19.1. The van der Waals surface area contributed by atoms with Crippen LogP contribution in [0.15, 0.2) is 30.5 Å². The van der Waals surface area contributed by atoms with Crippen molar-refractivity contribution in [3.63, 3.8) is 0 Å². The molecular formula is C19H22FN5O2. The number of benzene rings is 1. The Bertz CT molecular complexity index is 825.